The lowest BCUT2D eigenvalue weighted by molar-refractivity contribution is -0.137. The fourth-order valence-electron chi connectivity index (χ4n) is 1.26. The van der Waals surface area contributed by atoms with E-state index in [1.807, 2.05) is 43.3 Å². The van der Waals surface area contributed by atoms with E-state index in [1.165, 1.54) is 6.08 Å². The van der Waals surface area contributed by atoms with Crippen LogP contribution in [0.4, 0.5) is 0 Å². The summed E-state index contributed by atoms with van der Waals surface area (Å²) in [5, 5.41) is 0. The van der Waals surface area contributed by atoms with Crippen molar-refractivity contribution in [2.75, 3.05) is 34.4 Å². The number of methoxy groups -OCH3 is 1. The van der Waals surface area contributed by atoms with Gasteiger partial charge in [0.1, 0.15) is 12.4 Å². The number of ether oxygens (including phenoxy) is 2. The van der Waals surface area contributed by atoms with Crippen molar-refractivity contribution in [1.29, 1.82) is 0 Å². The predicted octanol–water partition coefficient (Wildman–Crippen LogP) is 2.24. The molecule has 0 aliphatic heterocycles. The van der Waals surface area contributed by atoms with Crippen molar-refractivity contribution < 1.29 is 14.3 Å². The number of halogens is 1. The third-order valence-electron chi connectivity index (χ3n) is 2.31. The van der Waals surface area contributed by atoms with Crippen LogP contribution in [0.25, 0.3) is 6.08 Å². The zero-order valence-electron chi connectivity index (χ0n) is 11.5. The van der Waals surface area contributed by atoms with Gasteiger partial charge >= 0.3 is 5.97 Å². The molecule has 0 saturated carbocycles. The average molecular weight is 286 g/mol. The molecular weight excluding hydrogens is 266 g/mol. The Bertz CT molecular complexity index is 402. The second-order valence-corrected chi connectivity index (χ2v) is 4.08. The molecule has 0 N–H and O–H groups in total. The van der Waals surface area contributed by atoms with Crippen LogP contribution in [0, 0.1) is 0 Å². The summed E-state index contributed by atoms with van der Waals surface area (Å²) in [6.07, 6.45) is 3.15. The van der Waals surface area contributed by atoms with E-state index < -0.39 is 0 Å². The molecule has 0 atom stereocenters. The first-order chi connectivity index (χ1) is 8.61. The van der Waals surface area contributed by atoms with E-state index in [1.54, 1.807) is 13.2 Å². The number of rotatable bonds is 6. The van der Waals surface area contributed by atoms with Gasteiger partial charge in [0.2, 0.25) is 0 Å². The summed E-state index contributed by atoms with van der Waals surface area (Å²) < 4.78 is 10.1. The number of nitrogens with zero attached hydrogens (tertiary/aromatic N) is 1. The first kappa shape index (κ1) is 17.5. The molecule has 19 heavy (non-hydrogen) atoms. The second-order valence-electron chi connectivity index (χ2n) is 4.08. The quantitative estimate of drug-likeness (QED) is 0.593. The van der Waals surface area contributed by atoms with Crippen molar-refractivity contribution in [3.63, 3.8) is 0 Å². The third kappa shape index (κ3) is 7.49. The first-order valence-corrected chi connectivity index (χ1v) is 5.75. The largest absolute Gasteiger partial charge is 0.497 e. The van der Waals surface area contributed by atoms with E-state index in [-0.39, 0.29) is 18.4 Å². The number of hydrogen-bond donors (Lipinski definition) is 0. The van der Waals surface area contributed by atoms with E-state index in [9.17, 15) is 4.79 Å². The molecule has 0 radical (unpaired) electrons. The maximum Gasteiger partial charge on any atom is 0.330 e. The number of hydrogen-bond acceptors (Lipinski definition) is 4. The molecule has 4 nitrogen and oxygen atoms in total. The highest BCUT2D eigenvalue weighted by molar-refractivity contribution is 5.87. The van der Waals surface area contributed by atoms with Crippen LogP contribution in [-0.2, 0) is 9.53 Å². The Balaban J connectivity index is 0.00000324. The molecule has 0 heterocycles. The normalized spacial score (nSPS) is 10.3. The molecule has 0 aliphatic rings. The monoisotopic (exact) mass is 285 g/mol. The summed E-state index contributed by atoms with van der Waals surface area (Å²) >= 11 is 0. The molecule has 0 amide bonds. The molecule has 0 fully saturated rings. The Morgan fingerprint density at radius 3 is 2.42 bits per heavy atom. The maximum absolute atomic E-state index is 11.4. The van der Waals surface area contributed by atoms with Crippen LogP contribution in [0.1, 0.15) is 5.56 Å². The third-order valence-corrected chi connectivity index (χ3v) is 2.31. The van der Waals surface area contributed by atoms with E-state index in [0.717, 1.165) is 17.9 Å². The van der Waals surface area contributed by atoms with Crippen LogP contribution < -0.4 is 4.74 Å². The summed E-state index contributed by atoms with van der Waals surface area (Å²) in [6.45, 7) is 1.13. The topological polar surface area (TPSA) is 38.8 Å². The van der Waals surface area contributed by atoms with Crippen molar-refractivity contribution in [2.24, 2.45) is 0 Å². The SMILES string of the molecule is COc1ccc(C=CC(=O)OCCN(C)C)cc1.Cl. The van der Waals surface area contributed by atoms with Gasteiger partial charge in [0.05, 0.1) is 7.11 Å². The van der Waals surface area contributed by atoms with Gasteiger partial charge in [-0.25, -0.2) is 4.79 Å². The van der Waals surface area contributed by atoms with Crippen molar-refractivity contribution >= 4 is 24.5 Å². The lowest BCUT2D eigenvalue weighted by Crippen LogP contribution is -2.19. The van der Waals surface area contributed by atoms with Crippen molar-refractivity contribution in [1.82, 2.24) is 4.90 Å². The lowest BCUT2D eigenvalue weighted by Gasteiger charge is -2.08. The standard InChI is InChI=1S/C14H19NO3.ClH/c1-15(2)10-11-18-14(16)9-6-12-4-7-13(17-3)8-5-12;/h4-9H,10-11H2,1-3H3;1H. The van der Waals surface area contributed by atoms with Crippen molar-refractivity contribution in [3.8, 4) is 5.75 Å². The van der Waals surface area contributed by atoms with Gasteiger partial charge in [0, 0.05) is 12.6 Å². The molecule has 0 aromatic heterocycles. The molecule has 5 heteroatoms. The first-order valence-electron chi connectivity index (χ1n) is 5.75. The van der Waals surface area contributed by atoms with Crippen LogP contribution in [0.15, 0.2) is 30.3 Å². The summed E-state index contributed by atoms with van der Waals surface area (Å²) in [5.74, 6) is 0.466. The molecule has 1 aromatic rings. The Hall–Kier alpha value is -1.52. The van der Waals surface area contributed by atoms with Crippen molar-refractivity contribution in [3.05, 3.63) is 35.9 Å². The molecule has 0 aliphatic carbocycles. The number of carbonyl (C=O) groups is 1. The highest BCUT2D eigenvalue weighted by atomic mass is 35.5. The van der Waals surface area contributed by atoms with Crippen LogP contribution in [0.2, 0.25) is 0 Å². The van der Waals surface area contributed by atoms with Gasteiger partial charge in [0.15, 0.2) is 0 Å². The summed E-state index contributed by atoms with van der Waals surface area (Å²) in [7, 11) is 5.48. The molecule has 0 unspecified atom stereocenters. The Morgan fingerprint density at radius 2 is 1.89 bits per heavy atom. The minimum Gasteiger partial charge on any atom is -0.497 e. The molecular formula is C14H20ClNO3. The van der Waals surface area contributed by atoms with Gasteiger partial charge in [-0.15, -0.1) is 12.4 Å². The molecule has 1 rings (SSSR count). The summed E-state index contributed by atoms with van der Waals surface area (Å²) in [5.41, 5.74) is 0.931. The van der Waals surface area contributed by atoms with Gasteiger partial charge in [-0.1, -0.05) is 12.1 Å². The molecule has 0 spiro atoms. The second kappa shape index (κ2) is 9.42. The summed E-state index contributed by atoms with van der Waals surface area (Å²) in [6, 6.07) is 7.44. The van der Waals surface area contributed by atoms with E-state index in [4.69, 9.17) is 9.47 Å². The smallest absolute Gasteiger partial charge is 0.330 e. The predicted molar refractivity (Wildman–Crippen MR) is 78.8 cm³/mol. The lowest BCUT2D eigenvalue weighted by atomic mass is 10.2. The van der Waals surface area contributed by atoms with Gasteiger partial charge in [-0.3, -0.25) is 0 Å². The zero-order chi connectivity index (χ0) is 13.4. The van der Waals surface area contributed by atoms with Crippen LogP contribution in [-0.4, -0.2) is 45.2 Å². The number of carbonyl (C=O) groups excluding carboxylic acids is 1. The van der Waals surface area contributed by atoms with E-state index >= 15 is 0 Å². The zero-order valence-corrected chi connectivity index (χ0v) is 12.3. The van der Waals surface area contributed by atoms with Gasteiger partial charge in [-0.05, 0) is 37.9 Å². The van der Waals surface area contributed by atoms with Crippen molar-refractivity contribution in [2.45, 2.75) is 0 Å². The van der Waals surface area contributed by atoms with Crippen LogP contribution >= 0.6 is 12.4 Å². The number of benzene rings is 1. The molecule has 0 saturated heterocycles. The number of likely N-dealkylation sites (N-methyl/N-ethyl adjacent to an activating group) is 1. The van der Waals surface area contributed by atoms with E-state index in [0.29, 0.717) is 6.61 Å². The Labute approximate surface area is 120 Å². The highest BCUT2D eigenvalue weighted by Gasteiger charge is 1.97. The van der Waals surface area contributed by atoms with Crippen LogP contribution in [0.5, 0.6) is 5.75 Å². The van der Waals surface area contributed by atoms with Gasteiger partial charge in [-0.2, -0.15) is 0 Å². The number of esters is 1. The fraction of sp³-hybridized carbons (Fsp3) is 0.357. The average Bonchev–Trinajstić information content (AvgIpc) is 2.36. The van der Waals surface area contributed by atoms with Crippen LogP contribution in [0.3, 0.4) is 0 Å². The minimum atomic E-state index is -0.326. The fourth-order valence-corrected chi connectivity index (χ4v) is 1.26. The van der Waals surface area contributed by atoms with E-state index in [2.05, 4.69) is 0 Å². The Morgan fingerprint density at radius 1 is 1.26 bits per heavy atom. The maximum atomic E-state index is 11.4. The molecule has 106 valence electrons. The minimum absolute atomic E-state index is 0. The summed E-state index contributed by atoms with van der Waals surface area (Å²) in [4.78, 5) is 13.3. The molecule has 1 aromatic carbocycles. The Kier molecular flexibility index (Phi) is 8.66. The molecule has 0 bridgehead atoms. The van der Waals surface area contributed by atoms with Gasteiger partial charge in [0.25, 0.3) is 0 Å². The highest BCUT2D eigenvalue weighted by Crippen LogP contribution is 2.12. The van der Waals surface area contributed by atoms with Gasteiger partial charge < -0.3 is 14.4 Å².